The molecule has 0 fully saturated rings. The Balaban J connectivity index is 1.58. The highest BCUT2D eigenvalue weighted by atomic mass is 35.5. The van der Waals surface area contributed by atoms with Gasteiger partial charge in [-0.15, -0.1) is 5.10 Å². The second-order valence-corrected chi connectivity index (χ2v) is 6.09. The van der Waals surface area contributed by atoms with Gasteiger partial charge in [0.15, 0.2) is 0 Å². The van der Waals surface area contributed by atoms with Crippen molar-refractivity contribution in [3.63, 3.8) is 0 Å². The molecule has 0 spiro atoms. The van der Waals surface area contributed by atoms with Crippen LogP contribution in [-0.4, -0.2) is 16.2 Å². The summed E-state index contributed by atoms with van der Waals surface area (Å²) in [6, 6.07) is 15.5. The van der Waals surface area contributed by atoms with E-state index in [4.69, 9.17) is 16.3 Å². The molecule has 0 atom stereocenters. The quantitative estimate of drug-likeness (QED) is 0.665. The SMILES string of the molecule is Cc1ccc(Oc2ccc(NC(=O)Nc3ccc(C)c(Cl)c3)cc2)nn1. The molecular formula is C19H17ClN4O2. The average molecular weight is 369 g/mol. The number of nitrogens with zero attached hydrogens (tertiary/aromatic N) is 2. The summed E-state index contributed by atoms with van der Waals surface area (Å²) in [5.41, 5.74) is 3.02. The molecule has 3 rings (SSSR count). The van der Waals surface area contributed by atoms with Gasteiger partial charge in [0.1, 0.15) is 5.75 Å². The maximum absolute atomic E-state index is 12.1. The molecule has 2 N–H and O–H groups in total. The van der Waals surface area contributed by atoms with Crippen LogP contribution >= 0.6 is 11.6 Å². The number of aromatic nitrogens is 2. The largest absolute Gasteiger partial charge is 0.438 e. The minimum atomic E-state index is -0.358. The fraction of sp³-hybridized carbons (Fsp3) is 0.105. The van der Waals surface area contributed by atoms with Crippen LogP contribution < -0.4 is 15.4 Å². The van der Waals surface area contributed by atoms with E-state index >= 15 is 0 Å². The van der Waals surface area contributed by atoms with Gasteiger partial charge < -0.3 is 15.4 Å². The van der Waals surface area contributed by atoms with Crippen LogP contribution in [0.1, 0.15) is 11.3 Å². The molecule has 0 radical (unpaired) electrons. The first-order chi connectivity index (χ1) is 12.5. The number of hydrogen-bond acceptors (Lipinski definition) is 4. The lowest BCUT2D eigenvalue weighted by Gasteiger charge is -2.09. The standard InChI is InChI=1S/C19H17ClN4O2/c1-12-3-5-15(11-17(12)20)22-19(25)21-14-6-8-16(9-7-14)26-18-10-4-13(2)23-24-18/h3-11H,1-2H3,(H2,21,22,25). The summed E-state index contributed by atoms with van der Waals surface area (Å²) >= 11 is 6.05. The summed E-state index contributed by atoms with van der Waals surface area (Å²) in [5.74, 6) is 1.00. The summed E-state index contributed by atoms with van der Waals surface area (Å²) in [6.07, 6.45) is 0. The highest BCUT2D eigenvalue weighted by Gasteiger charge is 2.05. The molecule has 26 heavy (non-hydrogen) atoms. The Bertz CT molecular complexity index is 912. The van der Waals surface area contributed by atoms with E-state index in [0.717, 1.165) is 11.3 Å². The van der Waals surface area contributed by atoms with Crippen LogP contribution in [0, 0.1) is 13.8 Å². The predicted molar refractivity (Wildman–Crippen MR) is 102 cm³/mol. The molecule has 0 aliphatic heterocycles. The normalized spacial score (nSPS) is 10.3. The van der Waals surface area contributed by atoms with Crippen molar-refractivity contribution < 1.29 is 9.53 Å². The number of aryl methyl sites for hydroxylation is 2. The maximum atomic E-state index is 12.1. The summed E-state index contributed by atoms with van der Waals surface area (Å²) in [5, 5.41) is 14.0. The summed E-state index contributed by atoms with van der Waals surface area (Å²) < 4.78 is 5.60. The van der Waals surface area contributed by atoms with Gasteiger partial charge in [-0.2, -0.15) is 5.10 Å². The van der Waals surface area contributed by atoms with Crippen molar-refractivity contribution in [2.75, 3.05) is 10.6 Å². The van der Waals surface area contributed by atoms with Crippen LogP contribution in [0.3, 0.4) is 0 Å². The molecule has 2 amide bonds. The van der Waals surface area contributed by atoms with E-state index in [9.17, 15) is 4.79 Å². The zero-order valence-corrected chi connectivity index (χ0v) is 15.0. The first kappa shape index (κ1) is 17.7. The number of hydrogen-bond donors (Lipinski definition) is 2. The number of carbonyl (C=O) groups excluding carboxylic acids is 1. The molecule has 6 nitrogen and oxygen atoms in total. The van der Waals surface area contributed by atoms with Gasteiger partial charge in [0.2, 0.25) is 5.88 Å². The van der Waals surface area contributed by atoms with Gasteiger partial charge in [-0.25, -0.2) is 4.79 Å². The third-order valence-electron chi connectivity index (χ3n) is 3.54. The zero-order valence-electron chi connectivity index (χ0n) is 14.3. The Kier molecular flexibility index (Phi) is 5.34. The minimum absolute atomic E-state index is 0.358. The van der Waals surface area contributed by atoms with Crippen molar-refractivity contribution in [1.29, 1.82) is 0 Å². The monoisotopic (exact) mass is 368 g/mol. The summed E-state index contributed by atoms with van der Waals surface area (Å²) in [6.45, 7) is 3.75. The van der Waals surface area contributed by atoms with Crippen molar-refractivity contribution in [1.82, 2.24) is 10.2 Å². The zero-order chi connectivity index (χ0) is 18.5. The van der Waals surface area contributed by atoms with Gasteiger partial charge in [0.05, 0.1) is 5.69 Å². The Morgan fingerprint density at radius 3 is 2.27 bits per heavy atom. The number of rotatable bonds is 4. The molecule has 0 unspecified atom stereocenters. The minimum Gasteiger partial charge on any atom is -0.438 e. The Morgan fingerprint density at radius 2 is 1.62 bits per heavy atom. The lowest BCUT2D eigenvalue weighted by Crippen LogP contribution is -2.19. The molecule has 0 saturated carbocycles. The van der Waals surface area contributed by atoms with E-state index in [0.29, 0.717) is 28.0 Å². The lowest BCUT2D eigenvalue weighted by molar-refractivity contribution is 0.262. The van der Waals surface area contributed by atoms with E-state index in [-0.39, 0.29) is 6.03 Å². The van der Waals surface area contributed by atoms with E-state index in [1.165, 1.54) is 0 Å². The Hall–Kier alpha value is -3.12. The van der Waals surface area contributed by atoms with Crippen molar-refractivity contribution in [2.24, 2.45) is 0 Å². The molecule has 0 bridgehead atoms. The molecule has 1 aromatic heterocycles. The highest BCUT2D eigenvalue weighted by molar-refractivity contribution is 6.31. The van der Waals surface area contributed by atoms with Gasteiger partial charge in [-0.05, 0) is 61.9 Å². The van der Waals surface area contributed by atoms with Crippen molar-refractivity contribution in [3.8, 4) is 11.6 Å². The van der Waals surface area contributed by atoms with Gasteiger partial charge in [0.25, 0.3) is 0 Å². The number of anilines is 2. The fourth-order valence-electron chi connectivity index (χ4n) is 2.13. The Morgan fingerprint density at radius 1 is 0.923 bits per heavy atom. The van der Waals surface area contributed by atoms with Gasteiger partial charge in [-0.3, -0.25) is 0 Å². The van der Waals surface area contributed by atoms with Crippen molar-refractivity contribution in [2.45, 2.75) is 13.8 Å². The second kappa shape index (κ2) is 7.84. The second-order valence-electron chi connectivity index (χ2n) is 5.68. The van der Waals surface area contributed by atoms with Gasteiger partial charge in [0, 0.05) is 22.5 Å². The third-order valence-corrected chi connectivity index (χ3v) is 3.94. The summed E-state index contributed by atoms with van der Waals surface area (Å²) in [7, 11) is 0. The number of halogens is 1. The van der Waals surface area contributed by atoms with E-state index in [1.807, 2.05) is 26.0 Å². The molecule has 0 aliphatic rings. The van der Waals surface area contributed by atoms with Crippen LogP contribution in [0.25, 0.3) is 0 Å². The van der Waals surface area contributed by atoms with Gasteiger partial charge >= 0.3 is 6.03 Å². The average Bonchev–Trinajstić information content (AvgIpc) is 2.62. The fourth-order valence-corrected chi connectivity index (χ4v) is 2.31. The molecule has 0 aliphatic carbocycles. The van der Waals surface area contributed by atoms with Crippen LogP contribution in [0.15, 0.2) is 54.6 Å². The first-order valence-electron chi connectivity index (χ1n) is 7.92. The predicted octanol–water partition coefficient (Wildman–Crippen LogP) is 5.18. The Labute approximate surface area is 156 Å². The van der Waals surface area contributed by atoms with E-state index < -0.39 is 0 Å². The topological polar surface area (TPSA) is 76.1 Å². The molecule has 1 heterocycles. The smallest absolute Gasteiger partial charge is 0.323 e. The van der Waals surface area contributed by atoms with Crippen LogP contribution in [-0.2, 0) is 0 Å². The maximum Gasteiger partial charge on any atom is 0.323 e. The number of benzene rings is 2. The number of urea groups is 1. The number of nitrogens with one attached hydrogen (secondary N) is 2. The molecule has 2 aromatic carbocycles. The van der Waals surface area contributed by atoms with Crippen molar-refractivity contribution >= 4 is 29.0 Å². The molecule has 0 saturated heterocycles. The number of carbonyl (C=O) groups is 1. The van der Waals surface area contributed by atoms with Gasteiger partial charge in [-0.1, -0.05) is 17.7 Å². The number of amides is 2. The highest BCUT2D eigenvalue weighted by Crippen LogP contribution is 2.22. The van der Waals surface area contributed by atoms with Crippen LogP contribution in [0.5, 0.6) is 11.6 Å². The van der Waals surface area contributed by atoms with E-state index in [1.54, 1.807) is 42.5 Å². The molecule has 132 valence electrons. The van der Waals surface area contributed by atoms with Crippen LogP contribution in [0.4, 0.5) is 16.2 Å². The van der Waals surface area contributed by atoms with Crippen molar-refractivity contribution in [3.05, 3.63) is 70.9 Å². The van der Waals surface area contributed by atoms with Crippen LogP contribution in [0.2, 0.25) is 5.02 Å². The third kappa shape index (κ3) is 4.70. The molecule has 3 aromatic rings. The molecular weight excluding hydrogens is 352 g/mol. The number of ether oxygens (including phenoxy) is 1. The lowest BCUT2D eigenvalue weighted by atomic mass is 10.2. The summed E-state index contributed by atoms with van der Waals surface area (Å²) in [4.78, 5) is 12.1. The van der Waals surface area contributed by atoms with E-state index in [2.05, 4.69) is 20.8 Å². The first-order valence-corrected chi connectivity index (χ1v) is 8.30. The molecule has 7 heteroatoms.